The van der Waals surface area contributed by atoms with E-state index in [-0.39, 0.29) is 43.0 Å². The third-order valence-corrected chi connectivity index (χ3v) is 6.09. The standard InChI is InChI=1S/C24H21F3N4O3/c25-24(26,27)23(34)20-4-2-1-3-18(20)22-19(17-12-29-31(14-17)6-8-33)9-15(10-21(22)23)16-11-28-30(13-16)5-7-32/h1-4,9-14,32-34H,5-8H2. The van der Waals surface area contributed by atoms with Crippen LogP contribution in [0.15, 0.2) is 61.2 Å². The largest absolute Gasteiger partial charge is 0.425 e. The predicted molar refractivity (Wildman–Crippen MR) is 118 cm³/mol. The van der Waals surface area contributed by atoms with E-state index < -0.39 is 11.8 Å². The van der Waals surface area contributed by atoms with Crippen molar-refractivity contribution in [1.82, 2.24) is 19.6 Å². The Morgan fingerprint density at radius 1 is 0.794 bits per heavy atom. The maximum Gasteiger partial charge on any atom is 0.425 e. The minimum absolute atomic E-state index is 0.135. The van der Waals surface area contributed by atoms with E-state index >= 15 is 0 Å². The number of rotatable bonds is 6. The third-order valence-electron chi connectivity index (χ3n) is 6.09. The zero-order chi connectivity index (χ0) is 24.1. The maximum atomic E-state index is 14.4. The molecule has 5 rings (SSSR count). The van der Waals surface area contributed by atoms with Gasteiger partial charge in [-0.05, 0) is 34.4 Å². The minimum Gasteiger partial charge on any atom is -0.394 e. The lowest BCUT2D eigenvalue weighted by Gasteiger charge is -2.28. The van der Waals surface area contributed by atoms with Gasteiger partial charge in [-0.15, -0.1) is 0 Å². The number of alkyl halides is 3. The van der Waals surface area contributed by atoms with E-state index in [2.05, 4.69) is 10.2 Å². The van der Waals surface area contributed by atoms with Gasteiger partial charge in [0.1, 0.15) is 0 Å². The summed E-state index contributed by atoms with van der Waals surface area (Å²) in [6.45, 7) is 0.201. The van der Waals surface area contributed by atoms with E-state index in [0.717, 1.165) is 0 Å². The number of hydrogen-bond acceptors (Lipinski definition) is 5. The van der Waals surface area contributed by atoms with Gasteiger partial charge in [-0.3, -0.25) is 9.36 Å². The summed E-state index contributed by atoms with van der Waals surface area (Å²) in [5.41, 5.74) is -1.10. The molecule has 176 valence electrons. The van der Waals surface area contributed by atoms with Crippen LogP contribution in [-0.2, 0) is 18.7 Å². The SMILES string of the molecule is OCCn1cc(-c2cc(-c3cnn(CCO)c3)c3c(c2)C(O)(C(F)(F)F)c2ccccc2-3)cn1. The summed E-state index contributed by atoms with van der Waals surface area (Å²) in [4.78, 5) is 0. The van der Waals surface area contributed by atoms with Crippen LogP contribution in [0.5, 0.6) is 0 Å². The van der Waals surface area contributed by atoms with Crippen molar-refractivity contribution in [2.45, 2.75) is 24.9 Å². The van der Waals surface area contributed by atoms with Crippen molar-refractivity contribution in [3.63, 3.8) is 0 Å². The van der Waals surface area contributed by atoms with E-state index in [1.165, 1.54) is 40.0 Å². The first-order chi connectivity index (χ1) is 16.3. The van der Waals surface area contributed by atoms with Crippen molar-refractivity contribution in [3.05, 3.63) is 72.3 Å². The summed E-state index contributed by atoms with van der Waals surface area (Å²) in [5, 5.41) is 38.0. The van der Waals surface area contributed by atoms with E-state index in [1.807, 2.05) is 0 Å². The third kappa shape index (κ3) is 3.33. The summed E-state index contributed by atoms with van der Waals surface area (Å²) in [7, 11) is 0. The second-order valence-corrected chi connectivity index (χ2v) is 8.13. The van der Waals surface area contributed by atoms with Gasteiger partial charge in [0, 0.05) is 34.6 Å². The van der Waals surface area contributed by atoms with Gasteiger partial charge < -0.3 is 15.3 Å². The smallest absolute Gasteiger partial charge is 0.394 e. The fourth-order valence-electron chi connectivity index (χ4n) is 4.54. The number of benzene rings is 2. The van der Waals surface area contributed by atoms with Crippen LogP contribution in [0, 0.1) is 0 Å². The lowest BCUT2D eigenvalue weighted by Crippen LogP contribution is -2.41. The molecule has 0 radical (unpaired) electrons. The number of aliphatic hydroxyl groups excluding tert-OH is 2. The number of aliphatic hydroxyl groups is 3. The second-order valence-electron chi connectivity index (χ2n) is 8.13. The van der Waals surface area contributed by atoms with Crippen molar-refractivity contribution < 1.29 is 28.5 Å². The Balaban J connectivity index is 1.81. The van der Waals surface area contributed by atoms with Crippen molar-refractivity contribution in [2.24, 2.45) is 0 Å². The van der Waals surface area contributed by atoms with Crippen LogP contribution in [0.4, 0.5) is 13.2 Å². The molecule has 7 nitrogen and oxygen atoms in total. The van der Waals surface area contributed by atoms with E-state index in [9.17, 15) is 28.5 Å². The van der Waals surface area contributed by atoms with Gasteiger partial charge in [0.05, 0.1) is 38.7 Å². The monoisotopic (exact) mass is 470 g/mol. The van der Waals surface area contributed by atoms with Crippen molar-refractivity contribution in [2.75, 3.05) is 13.2 Å². The van der Waals surface area contributed by atoms with E-state index in [0.29, 0.717) is 27.8 Å². The highest BCUT2D eigenvalue weighted by Crippen LogP contribution is 2.58. The van der Waals surface area contributed by atoms with E-state index in [4.69, 9.17) is 0 Å². The molecule has 0 aliphatic heterocycles. The number of hydrogen-bond donors (Lipinski definition) is 3. The van der Waals surface area contributed by atoms with Gasteiger partial charge in [0.25, 0.3) is 0 Å². The molecule has 2 aromatic carbocycles. The van der Waals surface area contributed by atoms with Gasteiger partial charge >= 0.3 is 6.18 Å². The Morgan fingerprint density at radius 2 is 1.41 bits per heavy atom. The zero-order valence-electron chi connectivity index (χ0n) is 17.9. The minimum atomic E-state index is -4.97. The molecule has 0 bridgehead atoms. The first kappa shape index (κ1) is 22.3. The summed E-state index contributed by atoms with van der Waals surface area (Å²) in [6, 6.07) is 9.07. The summed E-state index contributed by atoms with van der Waals surface area (Å²) in [6.07, 6.45) is 1.35. The summed E-state index contributed by atoms with van der Waals surface area (Å²) in [5.74, 6) is 0. The van der Waals surface area contributed by atoms with Crippen LogP contribution in [0.25, 0.3) is 33.4 Å². The number of aromatic nitrogens is 4. The second kappa shape index (κ2) is 8.08. The Kier molecular flexibility index (Phi) is 5.31. The highest BCUT2D eigenvalue weighted by atomic mass is 19.4. The maximum absolute atomic E-state index is 14.4. The molecule has 10 heteroatoms. The van der Waals surface area contributed by atoms with Gasteiger partial charge in [-0.1, -0.05) is 24.3 Å². The number of halogens is 3. The molecule has 1 atom stereocenters. The van der Waals surface area contributed by atoms with Crippen LogP contribution in [0.1, 0.15) is 11.1 Å². The number of fused-ring (bicyclic) bond motifs is 3. The molecule has 1 unspecified atom stereocenters. The summed E-state index contributed by atoms with van der Waals surface area (Å²) < 4.78 is 46.3. The quantitative estimate of drug-likeness (QED) is 0.402. The molecule has 2 aromatic heterocycles. The van der Waals surface area contributed by atoms with Gasteiger partial charge in [0.15, 0.2) is 0 Å². The first-order valence-corrected chi connectivity index (χ1v) is 10.6. The van der Waals surface area contributed by atoms with Gasteiger partial charge in [-0.25, -0.2) is 0 Å². The van der Waals surface area contributed by atoms with Crippen LogP contribution >= 0.6 is 0 Å². The van der Waals surface area contributed by atoms with Gasteiger partial charge in [-0.2, -0.15) is 23.4 Å². The van der Waals surface area contributed by atoms with Gasteiger partial charge in [0.2, 0.25) is 5.60 Å². The van der Waals surface area contributed by atoms with Crippen LogP contribution in [0.2, 0.25) is 0 Å². The summed E-state index contributed by atoms with van der Waals surface area (Å²) >= 11 is 0. The molecular formula is C24H21F3N4O3. The molecule has 3 N–H and O–H groups in total. The lowest BCUT2D eigenvalue weighted by atomic mass is 9.87. The van der Waals surface area contributed by atoms with Crippen LogP contribution in [0.3, 0.4) is 0 Å². The molecular weight excluding hydrogens is 449 g/mol. The Hall–Kier alpha value is -3.47. The van der Waals surface area contributed by atoms with Crippen molar-refractivity contribution >= 4 is 0 Å². The average Bonchev–Trinajstić information content (AvgIpc) is 3.52. The molecule has 1 aliphatic rings. The average molecular weight is 470 g/mol. The van der Waals surface area contributed by atoms with Crippen molar-refractivity contribution in [3.8, 4) is 33.4 Å². The first-order valence-electron chi connectivity index (χ1n) is 10.6. The topological polar surface area (TPSA) is 96.3 Å². The molecule has 0 saturated heterocycles. The lowest BCUT2D eigenvalue weighted by molar-refractivity contribution is -0.246. The Labute approximate surface area is 192 Å². The Bertz CT molecular complexity index is 1360. The zero-order valence-corrected chi connectivity index (χ0v) is 17.9. The predicted octanol–water partition coefficient (Wildman–Crippen LogP) is 3.18. The fourth-order valence-corrected chi connectivity index (χ4v) is 4.54. The van der Waals surface area contributed by atoms with E-state index in [1.54, 1.807) is 30.6 Å². The fraction of sp³-hybridized carbons (Fsp3) is 0.250. The molecule has 34 heavy (non-hydrogen) atoms. The molecule has 0 spiro atoms. The highest BCUT2D eigenvalue weighted by Gasteiger charge is 2.61. The molecule has 0 amide bonds. The molecule has 4 aromatic rings. The van der Waals surface area contributed by atoms with Crippen LogP contribution in [-0.4, -0.2) is 54.3 Å². The number of nitrogens with zero attached hydrogens (tertiary/aromatic N) is 4. The normalized spacial score (nSPS) is 17.1. The molecule has 2 heterocycles. The van der Waals surface area contributed by atoms with Crippen LogP contribution < -0.4 is 0 Å². The molecule has 0 saturated carbocycles. The Morgan fingerprint density at radius 3 is 2.06 bits per heavy atom. The highest BCUT2D eigenvalue weighted by molar-refractivity contribution is 5.94. The molecule has 0 fully saturated rings. The molecule has 1 aliphatic carbocycles. The van der Waals surface area contributed by atoms with Crippen molar-refractivity contribution in [1.29, 1.82) is 0 Å².